The number of hydrogen-bond acceptors (Lipinski definition) is 4. The number of fused-ring (bicyclic) bond motifs is 1. The predicted molar refractivity (Wildman–Crippen MR) is 90.0 cm³/mol. The number of halogens is 2. The maximum Gasteiger partial charge on any atom is 0.250 e. The average Bonchev–Trinajstić information content (AvgIpc) is 2.94. The molecule has 116 valence electrons. The van der Waals surface area contributed by atoms with Crippen molar-refractivity contribution < 1.29 is 0 Å². The fourth-order valence-electron chi connectivity index (χ4n) is 2.84. The molecule has 0 unspecified atom stereocenters. The van der Waals surface area contributed by atoms with E-state index in [1.54, 1.807) is 24.5 Å². The van der Waals surface area contributed by atoms with E-state index in [0.717, 1.165) is 42.0 Å². The van der Waals surface area contributed by atoms with E-state index in [2.05, 4.69) is 15.3 Å². The van der Waals surface area contributed by atoms with E-state index in [0.29, 0.717) is 16.0 Å². The zero-order valence-electron chi connectivity index (χ0n) is 12.1. The van der Waals surface area contributed by atoms with Gasteiger partial charge in [0.15, 0.2) is 0 Å². The molecular formula is C16H13Cl2N5. The first-order valence-electron chi connectivity index (χ1n) is 7.28. The molecule has 7 heteroatoms. The third-order valence-electron chi connectivity index (χ3n) is 3.81. The standard InChI is InChI=1S/C16H13Cl2N5/c17-11-6-10(7-12(18)8-11)15-13-9-19-5-2-14(13)23(22-15)16-20-3-1-4-21-16/h1,3-4,6-8,19H,2,5,9H2. The summed E-state index contributed by atoms with van der Waals surface area (Å²) < 4.78 is 1.82. The van der Waals surface area contributed by atoms with Crippen molar-refractivity contribution >= 4 is 23.2 Å². The maximum atomic E-state index is 6.15. The smallest absolute Gasteiger partial charge is 0.250 e. The first kappa shape index (κ1) is 14.6. The molecule has 0 fully saturated rings. The first-order valence-corrected chi connectivity index (χ1v) is 8.03. The Balaban J connectivity index is 1.92. The van der Waals surface area contributed by atoms with Crippen molar-refractivity contribution in [3.05, 3.63) is 58.0 Å². The van der Waals surface area contributed by atoms with E-state index in [9.17, 15) is 0 Å². The molecule has 0 amide bonds. The molecule has 0 saturated heterocycles. The molecule has 5 nitrogen and oxygen atoms in total. The largest absolute Gasteiger partial charge is 0.312 e. The van der Waals surface area contributed by atoms with Gasteiger partial charge in [0.1, 0.15) is 0 Å². The minimum absolute atomic E-state index is 0.574. The molecule has 1 aliphatic heterocycles. The molecular weight excluding hydrogens is 333 g/mol. The summed E-state index contributed by atoms with van der Waals surface area (Å²) in [5.41, 5.74) is 4.03. The average molecular weight is 346 g/mol. The van der Waals surface area contributed by atoms with Crippen molar-refractivity contribution in [2.75, 3.05) is 6.54 Å². The minimum atomic E-state index is 0.574. The van der Waals surface area contributed by atoms with Crippen LogP contribution in [0.4, 0.5) is 0 Å². The molecule has 0 spiro atoms. The van der Waals surface area contributed by atoms with E-state index in [1.807, 2.05) is 16.8 Å². The van der Waals surface area contributed by atoms with Gasteiger partial charge < -0.3 is 5.32 Å². The Kier molecular flexibility index (Phi) is 3.77. The highest BCUT2D eigenvalue weighted by Gasteiger charge is 2.23. The van der Waals surface area contributed by atoms with Crippen molar-refractivity contribution in [2.24, 2.45) is 0 Å². The maximum absolute atomic E-state index is 6.15. The normalized spacial score (nSPS) is 13.8. The molecule has 0 atom stereocenters. The van der Waals surface area contributed by atoms with Gasteiger partial charge in [0, 0.05) is 53.1 Å². The van der Waals surface area contributed by atoms with Gasteiger partial charge in [0.25, 0.3) is 5.95 Å². The molecule has 1 aliphatic rings. The Labute approximate surface area is 143 Å². The number of hydrogen-bond donors (Lipinski definition) is 1. The van der Waals surface area contributed by atoms with Crippen molar-refractivity contribution in [3.8, 4) is 17.2 Å². The molecule has 0 saturated carbocycles. The fraction of sp³-hybridized carbons (Fsp3) is 0.188. The summed E-state index contributed by atoms with van der Waals surface area (Å²) in [6.07, 6.45) is 4.30. The van der Waals surface area contributed by atoms with Crippen molar-refractivity contribution in [2.45, 2.75) is 13.0 Å². The highest BCUT2D eigenvalue weighted by atomic mass is 35.5. The summed E-state index contributed by atoms with van der Waals surface area (Å²) in [7, 11) is 0. The molecule has 23 heavy (non-hydrogen) atoms. The van der Waals surface area contributed by atoms with Crippen LogP contribution in [-0.4, -0.2) is 26.3 Å². The van der Waals surface area contributed by atoms with Crippen LogP contribution in [0.3, 0.4) is 0 Å². The monoisotopic (exact) mass is 345 g/mol. The Morgan fingerprint density at radius 2 is 1.78 bits per heavy atom. The van der Waals surface area contributed by atoms with Crippen molar-refractivity contribution in [3.63, 3.8) is 0 Å². The Morgan fingerprint density at radius 1 is 1.04 bits per heavy atom. The fourth-order valence-corrected chi connectivity index (χ4v) is 3.36. The summed E-state index contributed by atoms with van der Waals surface area (Å²) in [4.78, 5) is 8.63. The lowest BCUT2D eigenvalue weighted by atomic mass is 10.0. The predicted octanol–water partition coefficient (Wildman–Crippen LogP) is 3.28. The Bertz CT molecular complexity index is 840. The van der Waals surface area contributed by atoms with E-state index in [1.165, 1.54) is 0 Å². The number of nitrogens with zero attached hydrogens (tertiary/aromatic N) is 4. The lowest BCUT2D eigenvalue weighted by Gasteiger charge is -2.15. The quantitative estimate of drug-likeness (QED) is 0.774. The van der Waals surface area contributed by atoms with E-state index >= 15 is 0 Å². The summed E-state index contributed by atoms with van der Waals surface area (Å²) in [5, 5.41) is 9.32. The van der Waals surface area contributed by atoms with Crippen molar-refractivity contribution in [1.29, 1.82) is 0 Å². The molecule has 1 N–H and O–H groups in total. The van der Waals surface area contributed by atoms with E-state index in [-0.39, 0.29) is 0 Å². The van der Waals surface area contributed by atoms with Gasteiger partial charge in [-0.25, -0.2) is 14.6 Å². The van der Waals surface area contributed by atoms with Gasteiger partial charge in [-0.2, -0.15) is 5.10 Å². The lowest BCUT2D eigenvalue weighted by molar-refractivity contribution is 0.617. The van der Waals surface area contributed by atoms with Crippen LogP contribution in [0.15, 0.2) is 36.7 Å². The third kappa shape index (κ3) is 2.72. The van der Waals surface area contributed by atoms with Crippen LogP contribution in [0.5, 0.6) is 0 Å². The van der Waals surface area contributed by atoms with Crippen LogP contribution >= 0.6 is 23.2 Å². The zero-order chi connectivity index (χ0) is 15.8. The number of nitrogens with one attached hydrogen (secondary N) is 1. The van der Waals surface area contributed by atoms with Gasteiger partial charge >= 0.3 is 0 Å². The van der Waals surface area contributed by atoms with Gasteiger partial charge in [-0.3, -0.25) is 0 Å². The zero-order valence-corrected chi connectivity index (χ0v) is 13.6. The first-order chi connectivity index (χ1) is 11.2. The molecule has 2 aromatic heterocycles. The molecule has 3 heterocycles. The van der Waals surface area contributed by atoms with Crippen LogP contribution < -0.4 is 5.32 Å². The van der Waals surface area contributed by atoms with Crippen LogP contribution in [0.2, 0.25) is 10.0 Å². The van der Waals surface area contributed by atoms with Crippen LogP contribution in [-0.2, 0) is 13.0 Å². The molecule has 3 aromatic rings. The summed E-state index contributed by atoms with van der Waals surface area (Å²) in [5.74, 6) is 0.574. The van der Waals surface area contributed by atoms with E-state index < -0.39 is 0 Å². The number of aromatic nitrogens is 4. The van der Waals surface area contributed by atoms with Crippen molar-refractivity contribution in [1.82, 2.24) is 25.1 Å². The second-order valence-electron chi connectivity index (χ2n) is 5.32. The van der Waals surface area contributed by atoms with Crippen LogP contribution in [0, 0.1) is 0 Å². The molecule has 0 aliphatic carbocycles. The van der Waals surface area contributed by atoms with Gasteiger partial charge in [0.2, 0.25) is 0 Å². The topological polar surface area (TPSA) is 55.6 Å². The van der Waals surface area contributed by atoms with Gasteiger partial charge in [-0.15, -0.1) is 0 Å². The number of rotatable bonds is 2. The third-order valence-corrected chi connectivity index (χ3v) is 4.24. The van der Waals surface area contributed by atoms with Crippen LogP contribution in [0.25, 0.3) is 17.2 Å². The Hall–Kier alpha value is -1.95. The van der Waals surface area contributed by atoms with Crippen LogP contribution in [0.1, 0.15) is 11.3 Å². The van der Waals surface area contributed by atoms with Gasteiger partial charge in [-0.1, -0.05) is 23.2 Å². The molecule has 4 rings (SSSR count). The highest BCUT2D eigenvalue weighted by molar-refractivity contribution is 6.35. The molecule has 0 radical (unpaired) electrons. The summed E-state index contributed by atoms with van der Waals surface area (Å²) in [6.45, 7) is 1.66. The minimum Gasteiger partial charge on any atom is -0.312 e. The van der Waals surface area contributed by atoms with E-state index in [4.69, 9.17) is 28.3 Å². The summed E-state index contributed by atoms with van der Waals surface area (Å²) >= 11 is 12.3. The molecule has 0 bridgehead atoms. The van der Waals surface area contributed by atoms with Gasteiger partial charge in [-0.05, 0) is 24.3 Å². The highest BCUT2D eigenvalue weighted by Crippen LogP contribution is 2.32. The molecule has 1 aromatic carbocycles. The number of benzene rings is 1. The lowest BCUT2D eigenvalue weighted by Crippen LogP contribution is -2.25. The van der Waals surface area contributed by atoms with Gasteiger partial charge in [0.05, 0.1) is 11.4 Å². The second-order valence-corrected chi connectivity index (χ2v) is 6.19. The summed E-state index contributed by atoms with van der Waals surface area (Å²) in [6, 6.07) is 7.26. The second kappa shape index (κ2) is 5.92. The Morgan fingerprint density at radius 3 is 2.52 bits per heavy atom. The SMILES string of the molecule is Clc1cc(Cl)cc(-c2nn(-c3ncccn3)c3c2CNCC3)c1.